The molecule has 1 rings (SSSR count). The van der Waals surface area contributed by atoms with Crippen molar-refractivity contribution in [3.63, 3.8) is 0 Å². The average Bonchev–Trinajstić information content (AvgIpc) is 2.26. The fourth-order valence-electron chi connectivity index (χ4n) is 1.04. The van der Waals surface area contributed by atoms with Crippen LogP contribution in [0, 0.1) is 6.07 Å². The molecule has 0 aromatic heterocycles. The molecule has 15 heavy (non-hydrogen) atoms. The van der Waals surface area contributed by atoms with Crippen LogP contribution in [0.15, 0.2) is 29.2 Å². The highest BCUT2D eigenvalue weighted by Gasteiger charge is 2.11. The molecule has 0 fully saturated rings. The number of methoxy groups -OCH3 is 1. The van der Waals surface area contributed by atoms with Crippen LogP contribution in [0.5, 0.6) is 0 Å². The van der Waals surface area contributed by atoms with E-state index in [1.54, 1.807) is 25.3 Å². The predicted molar refractivity (Wildman–Crippen MR) is 57.0 cm³/mol. The lowest BCUT2D eigenvalue weighted by atomic mass is 10.4. The fourth-order valence-corrected chi connectivity index (χ4v) is 2.09. The Hall–Kier alpha value is -0.910. The van der Waals surface area contributed by atoms with Crippen molar-refractivity contribution in [1.29, 1.82) is 0 Å². The van der Waals surface area contributed by atoms with Crippen LogP contribution in [-0.4, -0.2) is 28.7 Å². The molecule has 0 saturated heterocycles. The van der Waals surface area contributed by atoms with Gasteiger partial charge in [-0.25, -0.2) is 13.1 Å². The van der Waals surface area contributed by atoms with Gasteiger partial charge in [-0.3, -0.25) is 0 Å². The van der Waals surface area contributed by atoms with E-state index in [1.807, 2.05) is 0 Å². The van der Waals surface area contributed by atoms with Gasteiger partial charge in [0.1, 0.15) is 0 Å². The van der Waals surface area contributed by atoms with E-state index in [1.165, 1.54) is 6.07 Å². The molecule has 0 spiro atoms. The molecule has 0 amide bonds. The Morgan fingerprint density at radius 1 is 1.47 bits per heavy atom. The van der Waals surface area contributed by atoms with Crippen molar-refractivity contribution in [1.82, 2.24) is 4.72 Å². The zero-order valence-corrected chi connectivity index (χ0v) is 9.38. The number of ether oxygens (including phenoxy) is 1. The third-order valence-corrected chi connectivity index (χ3v) is 3.20. The Morgan fingerprint density at radius 3 is 2.87 bits per heavy atom. The molecule has 0 aliphatic carbocycles. The van der Waals surface area contributed by atoms with E-state index in [2.05, 4.69) is 10.8 Å². The third kappa shape index (κ3) is 3.99. The number of rotatable bonds is 6. The maximum atomic E-state index is 11.6. The van der Waals surface area contributed by atoms with Crippen LogP contribution in [0.2, 0.25) is 0 Å². The van der Waals surface area contributed by atoms with Gasteiger partial charge in [-0.1, -0.05) is 18.2 Å². The van der Waals surface area contributed by atoms with Crippen LogP contribution in [-0.2, 0) is 14.8 Å². The highest BCUT2D eigenvalue weighted by Crippen LogP contribution is 2.05. The van der Waals surface area contributed by atoms with Gasteiger partial charge in [0.25, 0.3) is 0 Å². The van der Waals surface area contributed by atoms with E-state index in [4.69, 9.17) is 4.74 Å². The first kappa shape index (κ1) is 12.2. The zero-order chi connectivity index (χ0) is 11.1. The number of benzene rings is 1. The summed E-state index contributed by atoms with van der Waals surface area (Å²) in [6.45, 7) is 0.917. The second-order valence-corrected chi connectivity index (χ2v) is 4.71. The largest absolute Gasteiger partial charge is 0.385 e. The van der Waals surface area contributed by atoms with Crippen molar-refractivity contribution in [3.8, 4) is 0 Å². The normalized spacial score (nSPS) is 11.5. The van der Waals surface area contributed by atoms with Gasteiger partial charge in [-0.05, 0) is 12.5 Å². The van der Waals surface area contributed by atoms with E-state index < -0.39 is 10.0 Å². The van der Waals surface area contributed by atoms with Crippen molar-refractivity contribution in [2.24, 2.45) is 0 Å². The van der Waals surface area contributed by atoms with Crippen LogP contribution in [0.4, 0.5) is 0 Å². The number of hydrogen-bond acceptors (Lipinski definition) is 3. The maximum Gasteiger partial charge on any atom is 0.241 e. The summed E-state index contributed by atoms with van der Waals surface area (Å²) < 4.78 is 30.5. The first-order valence-electron chi connectivity index (χ1n) is 4.62. The van der Waals surface area contributed by atoms with Gasteiger partial charge >= 0.3 is 0 Å². The lowest BCUT2D eigenvalue weighted by molar-refractivity contribution is 0.196. The SMILES string of the molecule is COCCCNS(=O)(=O)c1[c]cccc1. The summed E-state index contributed by atoms with van der Waals surface area (Å²) in [5.74, 6) is 0. The van der Waals surface area contributed by atoms with Gasteiger partial charge in [0, 0.05) is 26.3 Å². The monoisotopic (exact) mass is 228 g/mol. The smallest absolute Gasteiger partial charge is 0.241 e. The number of sulfonamides is 1. The Morgan fingerprint density at radius 2 is 2.27 bits per heavy atom. The summed E-state index contributed by atoms with van der Waals surface area (Å²) >= 11 is 0. The summed E-state index contributed by atoms with van der Waals surface area (Å²) in [4.78, 5) is 0.169. The van der Waals surface area contributed by atoms with Crippen LogP contribution in [0.25, 0.3) is 0 Å². The Kier molecular flexibility index (Phi) is 4.74. The van der Waals surface area contributed by atoms with Gasteiger partial charge in [0.2, 0.25) is 10.0 Å². The highest BCUT2D eigenvalue weighted by atomic mass is 32.2. The van der Waals surface area contributed by atoms with Gasteiger partial charge < -0.3 is 4.74 Å². The summed E-state index contributed by atoms with van der Waals surface area (Å²) in [6, 6.07) is 9.15. The average molecular weight is 228 g/mol. The lowest BCUT2D eigenvalue weighted by Crippen LogP contribution is -2.25. The molecule has 1 aromatic carbocycles. The molecular weight excluding hydrogens is 214 g/mol. The van der Waals surface area contributed by atoms with Crippen LogP contribution in [0.1, 0.15) is 6.42 Å². The minimum absolute atomic E-state index is 0.169. The molecule has 83 valence electrons. The summed E-state index contributed by atoms with van der Waals surface area (Å²) in [6.07, 6.45) is 0.655. The summed E-state index contributed by atoms with van der Waals surface area (Å²) in [7, 11) is -1.82. The van der Waals surface area contributed by atoms with Gasteiger partial charge in [-0.2, -0.15) is 0 Å². The standard InChI is InChI=1S/C10H14NO3S/c1-14-9-5-8-11-15(12,13)10-6-3-2-4-7-10/h2-4,6,11H,5,8-9H2,1H3. The second-order valence-electron chi connectivity index (χ2n) is 2.97. The molecule has 4 nitrogen and oxygen atoms in total. The molecule has 0 heterocycles. The minimum atomic E-state index is -3.40. The van der Waals surface area contributed by atoms with Crippen molar-refractivity contribution < 1.29 is 13.2 Å². The van der Waals surface area contributed by atoms with E-state index in [0.29, 0.717) is 19.6 Å². The van der Waals surface area contributed by atoms with Crippen molar-refractivity contribution in [2.75, 3.05) is 20.3 Å². The number of nitrogens with one attached hydrogen (secondary N) is 1. The predicted octanol–water partition coefficient (Wildman–Crippen LogP) is 0.802. The Bertz CT molecular complexity index is 375. The fraction of sp³-hybridized carbons (Fsp3) is 0.400. The maximum absolute atomic E-state index is 11.6. The molecule has 0 unspecified atom stereocenters. The van der Waals surface area contributed by atoms with Gasteiger partial charge in [0.05, 0.1) is 4.90 Å². The van der Waals surface area contributed by atoms with Gasteiger partial charge in [0.15, 0.2) is 0 Å². The first-order valence-corrected chi connectivity index (χ1v) is 6.10. The van der Waals surface area contributed by atoms with Gasteiger partial charge in [-0.15, -0.1) is 0 Å². The van der Waals surface area contributed by atoms with Crippen LogP contribution in [0.3, 0.4) is 0 Å². The molecule has 1 aromatic rings. The Labute approximate surface area is 90.3 Å². The molecule has 0 saturated carbocycles. The third-order valence-electron chi connectivity index (χ3n) is 1.79. The minimum Gasteiger partial charge on any atom is -0.385 e. The molecular formula is C10H14NO3S. The zero-order valence-electron chi connectivity index (χ0n) is 8.56. The molecule has 5 heteroatoms. The van der Waals surface area contributed by atoms with E-state index in [0.717, 1.165) is 0 Å². The van der Waals surface area contributed by atoms with Crippen molar-refractivity contribution in [3.05, 3.63) is 30.3 Å². The Balaban J connectivity index is 2.53. The topological polar surface area (TPSA) is 55.4 Å². The second kappa shape index (κ2) is 5.85. The summed E-state index contributed by atoms with van der Waals surface area (Å²) in [5.41, 5.74) is 0. The van der Waals surface area contributed by atoms with Crippen LogP contribution >= 0.6 is 0 Å². The first-order chi connectivity index (χ1) is 7.17. The lowest BCUT2D eigenvalue weighted by Gasteiger charge is -2.05. The molecule has 0 atom stereocenters. The van der Waals surface area contributed by atoms with Crippen molar-refractivity contribution in [2.45, 2.75) is 11.3 Å². The van der Waals surface area contributed by atoms with E-state index in [-0.39, 0.29) is 4.90 Å². The van der Waals surface area contributed by atoms with Crippen LogP contribution < -0.4 is 4.72 Å². The molecule has 0 bridgehead atoms. The van der Waals surface area contributed by atoms with E-state index in [9.17, 15) is 8.42 Å². The molecule has 0 aliphatic rings. The van der Waals surface area contributed by atoms with E-state index >= 15 is 0 Å². The molecule has 0 aliphatic heterocycles. The highest BCUT2D eigenvalue weighted by molar-refractivity contribution is 7.89. The quantitative estimate of drug-likeness (QED) is 0.733. The summed E-state index contributed by atoms with van der Waals surface area (Å²) in [5, 5.41) is 0. The van der Waals surface area contributed by atoms with Crippen molar-refractivity contribution >= 4 is 10.0 Å². The number of hydrogen-bond donors (Lipinski definition) is 1. The molecule has 1 N–H and O–H groups in total. The molecule has 1 radical (unpaired) electrons.